The molecule has 1 aromatic carbocycles. The average molecular weight is 412 g/mol. The Morgan fingerprint density at radius 2 is 2.18 bits per heavy atom. The quantitative estimate of drug-likeness (QED) is 0.310. The molecule has 6 heteroatoms. The van der Waals surface area contributed by atoms with E-state index in [0.717, 1.165) is 7.92 Å². The molecule has 0 amide bonds. The van der Waals surface area contributed by atoms with Crippen molar-refractivity contribution in [3.05, 3.63) is 21.3 Å². The standard InChI is InChI=1S/C11H14AsIO4/c1-3-16-11(14)7-4-8(13)10(12)9(5-7)17-6-15-2/h4-5H,3,6,12H2,1-2H3. The van der Waals surface area contributed by atoms with Crippen molar-refractivity contribution in [3.8, 4) is 5.75 Å². The van der Waals surface area contributed by atoms with Crippen LogP contribution < -0.4 is 9.09 Å². The van der Waals surface area contributed by atoms with Gasteiger partial charge in [0.05, 0.1) is 0 Å². The number of rotatable bonds is 5. The first-order chi connectivity index (χ1) is 8.10. The normalized spacial score (nSPS) is 10.1. The minimum absolute atomic E-state index is 0.166. The van der Waals surface area contributed by atoms with E-state index in [2.05, 4.69) is 22.6 Å². The summed E-state index contributed by atoms with van der Waals surface area (Å²) in [6, 6.07) is 3.49. The maximum absolute atomic E-state index is 11.6. The second kappa shape index (κ2) is 7.23. The summed E-state index contributed by atoms with van der Waals surface area (Å²) in [6.45, 7) is 2.31. The summed E-state index contributed by atoms with van der Waals surface area (Å²) in [5.41, 5.74) is 0.503. The summed E-state index contributed by atoms with van der Waals surface area (Å²) in [6.07, 6.45) is 0. The topological polar surface area (TPSA) is 44.8 Å². The monoisotopic (exact) mass is 412 g/mol. The van der Waals surface area contributed by atoms with Gasteiger partial charge in [-0.05, 0) is 0 Å². The van der Waals surface area contributed by atoms with Crippen LogP contribution in [0.15, 0.2) is 12.1 Å². The zero-order chi connectivity index (χ0) is 12.8. The molecule has 1 atom stereocenters. The number of halogens is 1. The summed E-state index contributed by atoms with van der Waals surface area (Å²) in [5.74, 6) is 0.335. The predicted molar refractivity (Wildman–Crippen MR) is 75.8 cm³/mol. The Morgan fingerprint density at radius 3 is 2.76 bits per heavy atom. The van der Waals surface area contributed by atoms with Gasteiger partial charge in [0.25, 0.3) is 0 Å². The van der Waals surface area contributed by atoms with Gasteiger partial charge in [-0.1, -0.05) is 0 Å². The van der Waals surface area contributed by atoms with E-state index in [1.54, 1.807) is 26.2 Å². The molecular weight excluding hydrogens is 398 g/mol. The van der Waals surface area contributed by atoms with Crippen LogP contribution in [0.5, 0.6) is 5.75 Å². The predicted octanol–water partition coefficient (Wildman–Crippen LogP) is 0.709. The van der Waals surface area contributed by atoms with Crippen molar-refractivity contribution in [2.45, 2.75) is 6.92 Å². The van der Waals surface area contributed by atoms with Crippen molar-refractivity contribution in [1.82, 2.24) is 0 Å². The Labute approximate surface area is 123 Å². The van der Waals surface area contributed by atoms with E-state index in [4.69, 9.17) is 14.2 Å². The SMILES string of the molecule is CCOC(=O)c1cc(I)c([AsH2])c(OCOC)c1. The molecule has 0 N–H and O–H groups in total. The molecule has 17 heavy (non-hydrogen) atoms. The van der Waals surface area contributed by atoms with Crippen LogP contribution in [0.1, 0.15) is 17.3 Å². The number of benzene rings is 1. The van der Waals surface area contributed by atoms with Gasteiger partial charge in [-0.25, -0.2) is 0 Å². The van der Waals surface area contributed by atoms with E-state index in [0.29, 0.717) is 17.9 Å². The van der Waals surface area contributed by atoms with E-state index >= 15 is 0 Å². The number of ether oxygens (including phenoxy) is 3. The fraction of sp³-hybridized carbons (Fsp3) is 0.364. The zero-order valence-electron chi connectivity index (χ0n) is 9.66. The van der Waals surface area contributed by atoms with Crippen LogP contribution in [0, 0.1) is 3.57 Å². The van der Waals surface area contributed by atoms with Gasteiger partial charge >= 0.3 is 123 Å². The molecule has 0 aliphatic carbocycles. The van der Waals surface area contributed by atoms with Crippen LogP contribution in [-0.4, -0.2) is 43.3 Å². The van der Waals surface area contributed by atoms with Crippen LogP contribution in [-0.2, 0) is 9.47 Å². The van der Waals surface area contributed by atoms with Crippen molar-refractivity contribution in [1.29, 1.82) is 0 Å². The molecule has 1 rings (SSSR count). The third-order valence-electron chi connectivity index (χ3n) is 1.93. The van der Waals surface area contributed by atoms with Crippen molar-refractivity contribution in [3.63, 3.8) is 0 Å². The molecule has 1 aromatic rings. The zero-order valence-corrected chi connectivity index (χ0v) is 14.2. The molecule has 0 saturated carbocycles. The number of carbonyl (C=O) groups is 1. The minimum atomic E-state index is -0.333. The Bertz CT molecular complexity index is 409. The number of hydrogen-bond acceptors (Lipinski definition) is 4. The summed E-state index contributed by atoms with van der Waals surface area (Å²) < 4.78 is 17.3. The number of carbonyl (C=O) groups excluding carboxylic acids is 1. The number of methoxy groups -OCH3 is 1. The van der Waals surface area contributed by atoms with Gasteiger partial charge in [-0.15, -0.1) is 0 Å². The molecule has 94 valence electrons. The van der Waals surface area contributed by atoms with Crippen LogP contribution in [0.4, 0.5) is 0 Å². The number of hydrogen-bond donors (Lipinski definition) is 0. The molecule has 0 aliphatic heterocycles. The van der Waals surface area contributed by atoms with Gasteiger partial charge in [-0.3, -0.25) is 0 Å². The summed E-state index contributed by atoms with van der Waals surface area (Å²) in [4.78, 5) is 11.6. The van der Waals surface area contributed by atoms with Gasteiger partial charge < -0.3 is 0 Å². The van der Waals surface area contributed by atoms with Gasteiger partial charge in [-0.2, -0.15) is 0 Å². The summed E-state index contributed by atoms with van der Waals surface area (Å²) >= 11 is 3.62. The Kier molecular flexibility index (Phi) is 6.30. The van der Waals surface area contributed by atoms with Crippen molar-refractivity contribution < 1.29 is 19.0 Å². The molecule has 0 aromatic heterocycles. The van der Waals surface area contributed by atoms with E-state index in [1.165, 1.54) is 16.9 Å². The molecule has 0 spiro atoms. The second-order valence-electron chi connectivity index (χ2n) is 3.14. The third-order valence-corrected chi connectivity index (χ3v) is 5.31. The average Bonchev–Trinajstić information content (AvgIpc) is 2.31. The van der Waals surface area contributed by atoms with Crippen LogP contribution in [0.3, 0.4) is 0 Å². The molecule has 0 fully saturated rings. The fourth-order valence-corrected chi connectivity index (χ4v) is 2.29. The van der Waals surface area contributed by atoms with Gasteiger partial charge in [0.15, 0.2) is 0 Å². The molecule has 0 saturated heterocycles. The third kappa shape index (κ3) is 4.15. The molecule has 0 aliphatic rings. The van der Waals surface area contributed by atoms with Gasteiger partial charge in [0.1, 0.15) is 0 Å². The first kappa shape index (κ1) is 14.8. The molecule has 1 unspecified atom stereocenters. The van der Waals surface area contributed by atoms with E-state index in [9.17, 15) is 4.79 Å². The van der Waals surface area contributed by atoms with Crippen molar-refractivity contribution in [2.24, 2.45) is 0 Å². The van der Waals surface area contributed by atoms with Gasteiger partial charge in [0.2, 0.25) is 0 Å². The molecule has 4 nitrogen and oxygen atoms in total. The van der Waals surface area contributed by atoms with Crippen molar-refractivity contribution in [2.75, 3.05) is 20.5 Å². The molecule has 0 bridgehead atoms. The van der Waals surface area contributed by atoms with Crippen molar-refractivity contribution >= 4 is 49.8 Å². The first-order valence-corrected chi connectivity index (χ1v) is 7.27. The van der Waals surface area contributed by atoms with E-state index in [-0.39, 0.29) is 12.8 Å². The van der Waals surface area contributed by atoms with E-state index in [1.807, 2.05) is 0 Å². The fourth-order valence-electron chi connectivity index (χ4n) is 1.17. The van der Waals surface area contributed by atoms with Crippen LogP contribution in [0.2, 0.25) is 0 Å². The summed E-state index contributed by atoms with van der Waals surface area (Å²) in [7, 11) is 1.56. The van der Waals surface area contributed by atoms with E-state index < -0.39 is 0 Å². The summed E-state index contributed by atoms with van der Waals surface area (Å²) in [5, 5.41) is 0. The maximum atomic E-state index is 11.6. The second-order valence-corrected chi connectivity index (χ2v) is 5.51. The number of esters is 1. The van der Waals surface area contributed by atoms with Gasteiger partial charge in [0, 0.05) is 0 Å². The molecule has 0 heterocycles. The Morgan fingerprint density at radius 1 is 1.47 bits per heavy atom. The Hall–Kier alpha value is -0.262. The molecular formula is C11H14AsIO4. The first-order valence-electron chi connectivity index (χ1n) is 4.98. The molecule has 0 radical (unpaired) electrons. The Balaban J connectivity index is 3.00. The van der Waals surface area contributed by atoms with Crippen LogP contribution in [0.25, 0.3) is 0 Å². The van der Waals surface area contributed by atoms with Crippen LogP contribution >= 0.6 is 22.6 Å².